The number of carbonyl (C=O) groups excluding carboxylic acids is 3. The molecule has 1 aliphatic rings. The van der Waals surface area contributed by atoms with E-state index in [0.29, 0.717) is 5.69 Å². The molecule has 1 N–H and O–H groups in total. The van der Waals surface area contributed by atoms with Gasteiger partial charge in [0.25, 0.3) is 5.91 Å². The molecular weight excluding hydrogens is 379 g/mol. The van der Waals surface area contributed by atoms with Crippen molar-refractivity contribution in [3.8, 4) is 0 Å². The van der Waals surface area contributed by atoms with E-state index in [2.05, 4.69) is 5.32 Å². The second-order valence-electron chi connectivity index (χ2n) is 5.86. The summed E-state index contributed by atoms with van der Waals surface area (Å²) in [4.78, 5) is 37.1. The van der Waals surface area contributed by atoms with Crippen LogP contribution in [0.5, 0.6) is 0 Å². The highest BCUT2D eigenvalue weighted by Crippen LogP contribution is 2.35. The summed E-state index contributed by atoms with van der Waals surface area (Å²) in [6.07, 6.45) is -0.0866. The van der Waals surface area contributed by atoms with Crippen molar-refractivity contribution < 1.29 is 19.5 Å². The molecule has 134 valence electrons. The van der Waals surface area contributed by atoms with Gasteiger partial charge >= 0.3 is 0 Å². The lowest BCUT2D eigenvalue weighted by Gasteiger charge is -2.19. The number of rotatable bonds is 4. The van der Waals surface area contributed by atoms with Crippen molar-refractivity contribution in [3.05, 3.63) is 57.6 Å². The Bertz CT molecular complexity index is 929. The van der Waals surface area contributed by atoms with Gasteiger partial charge in [0.15, 0.2) is 0 Å². The Labute approximate surface area is 159 Å². The van der Waals surface area contributed by atoms with Crippen LogP contribution in [-0.2, 0) is 9.59 Å². The second kappa shape index (κ2) is 6.97. The van der Waals surface area contributed by atoms with Gasteiger partial charge in [-0.25, -0.2) is 4.90 Å². The van der Waals surface area contributed by atoms with E-state index in [-0.39, 0.29) is 27.7 Å². The Morgan fingerprint density at radius 3 is 2.65 bits per heavy atom. The van der Waals surface area contributed by atoms with Crippen LogP contribution in [0.2, 0.25) is 10.0 Å². The lowest BCUT2D eigenvalue weighted by molar-refractivity contribution is -0.255. The molecule has 1 aliphatic heterocycles. The zero-order valence-electron chi connectivity index (χ0n) is 13.6. The van der Waals surface area contributed by atoms with Crippen molar-refractivity contribution >= 4 is 52.4 Å². The maximum absolute atomic E-state index is 12.7. The van der Waals surface area contributed by atoms with Gasteiger partial charge in [-0.1, -0.05) is 41.4 Å². The molecule has 0 aliphatic carbocycles. The molecule has 0 unspecified atom stereocenters. The zero-order chi connectivity index (χ0) is 19.0. The molecule has 1 heterocycles. The lowest BCUT2D eigenvalue weighted by atomic mass is 10.1. The lowest BCUT2D eigenvalue weighted by Crippen LogP contribution is -2.35. The molecule has 0 saturated carbocycles. The number of halogens is 2. The fourth-order valence-electron chi connectivity index (χ4n) is 2.76. The monoisotopic (exact) mass is 391 g/mol. The van der Waals surface area contributed by atoms with Crippen LogP contribution in [0.3, 0.4) is 0 Å². The highest BCUT2D eigenvalue weighted by atomic mass is 35.5. The van der Waals surface area contributed by atoms with Gasteiger partial charge in [-0.3, -0.25) is 9.59 Å². The summed E-state index contributed by atoms with van der Waals surface area (Å²) in [6.45, 7) is 1.76. The normalized spacial score (nSPS) is 16.9. The Balaban J connectivity index is 1.89. The van der Waals surface area contributed by atoms with E-state index in [9.17, 15) is 19.5 Å². The van der Waals surface area contributed by atoms with Gasteiger partial charge in [0.2, 0.25) is 5.91 Å². The maximum atomic E-state index is 12.7. The Kier molecular flexibility index (Phi) is 4.89. The minimum absolute atomic E-state index is 0.0235. The molecule has 0 bridgehead atoms. The van der Waals surface area contributed by atoms with Crippen molar-refractivity contribution in [2.45, 2.75) is 19.4 Å². The van der Waals surface area contributed by atoms with Crippen LogP contribution in [0.25, 0.3) is 0 Å². The maximum Gasteiger partial charge on any atom is 0.256 e. The standard InChI is InChI=1S/C18H14Cl2N2O4/c1-9-5-6-10(18(25)26)7-12(9)21-13-8-15(23)22(17(13)24)14-4-2-3-11(19)16(14)20/h2-7,13,21H,8H2,1H3,(H,25,26)/p-1/t13-/m0/s1. The first-order valence-electron chi connectivity index (χ1n) is 7.69. The number of benzene rings is 2. The first kappa shape index (κ1) is 18.2. The van der Waals surface area contributed by atoms with Crippen LogP contribution in [0.15, 0.2) is 36.4 Å². The zero-order valence-corrected chi connectivity index (χ0v) is 15.1. The topological polar surface area (TPSA) is 89.5 Å². The molecule has 1 saturated heterocycles. The highest BCUT2D eigenvalue weighted by molar-refractivity contribution is 6.45. The third kappa shape index (κ3) is 3.25. The molecular formula is C18H13Cl2N2O4-. The third-order valence-electron chi connectivity index (χ3n) is 4.12. The number of nitrogens with one attached hydrogen (secondary N) is 1. The number of hydrogen-bond donors (Lipinski definition) is 1. The molecule has 0 aromatic heterocycles. The Morgan fingerprint density at radius 2 is 1.96 bits per heavy atom. The predicted molar refractivity (Wildman–Crippen MR) is 96.5 cm³/mol. The van der Waals surface area contributed by atoms with Crippen LogP contribution >= 0.6 is 23.2 Å². The number of carboxylic acid groups (broad SMARTS) is 1. The number of imide groups is 1. The highest BCUT2D eigenvalue weighted by Gasteiger charge is 2.40. The molecule has 0 spiro atoms. The summed E-state index contributed by atoms with van der Waals surface area (Å²) in [6, 6.07) is 8.23. The summed E-state index contributed by atoms with van der Waals surface area (Å²) in [5.74, 6) is -2.24. The average Bonchev–Trinajstić information content (AvgIpc) is 2.86. The Hall–Kier alpha value is -2.57. The minimum atomic E-state index is -1.32. The fourth-order valence-corrected chi connectivity index (χ4v) is 3.14. The SMILES string of the molecule is Cc1ccc(C(=O)[O-])cc1N[C@H]1CC(=O)N(c2cccc(Cl)c2Cl)C1=O. The largest absolute Gasteiger partial charge is 0.545 e. The number of aryl methyl sites for hydroxylation is 1. The van der Waals surface area contributed by atoms with E-state index in [1.54, 1.807) is 25.1 Å². The van der Waals surface area contributed by atoms with E-state index in [4.69, 9.17) is 23.2 Å². The van der Waals surface area contributed by atoms with Crippen molar-refractivity contribution in [2.24, 2.45) is 0 Å². The molecule has 8 heteroatoms. The first-order chi connectivity index (χ1) is 12.3. The molecule has 2 aromatic carbocycles. The van der Waals surface area contributed by atoms with Gasteiger partial charge in [-0.05, 0) is 36.2 Å². The molecule has 3 rings (SSSR count). The van der Waals surface area contributed by atoms with E-state index in [1.165, 1.54) is 18.2 Å². The predicted octanol–water partition coefficient (Wildman–Crippen LogP) is 2.41. The number of amides is 2. The van der Waals surface area contributed by atoms with Crippen molar-refractivity contribution in [3.63, 3.8) is 0 Å². The summed E-state index contributed by atoms with van der Waals surface area (Å²) >= 11 is 12.1. The van der Waals surface area contributed by atoms with Gasteiger partial charge in [0.05, 0.1) is 28.1 Å². The molecule has 6 nitrogen and oxygen atoms in total. The van der Waals surface area contributed by atoms with E-state index >= 15 is 0 Å². The summed E-state index contributed by atoms with van der Waals surface area (Å²) in [7, 11) is 0. The molecule has 2 aromatic rings. The second-order valence-corrected chi connectivity index (χ2v) is 6.64. The molecule has 2 amide bonds. The number of carboxylic acids is 1. The van der Waals surface area contributed by atoms with E-state index < -0.39 is 23.8 Å². The van der Waals surface area contributed by atoms with Crippen LogP contribution < -0.4 is 15.3 Å². The summed E-state index contributed by atoms with van der Waals surface area (Å²) in [5, 5.41) is 14.3. The number of aromatic carboxylic acids is 1. The van der Waals surface area contributed by atoms with Crippen LogP contribution in [-0.4, -0.2) is 23.8 Å². The van der Waals surface area contributed by atoms with Crippen molar-refractivity contribution in [1.29, 1.82) is 0 Å². The van der Waals surface area contributed by atoms with Gasteiger partial charge in [-0.2, -0.15) is 0 Å². The smallest absolute Gasteiger partial charge is 0.256 e. The molecule has 1 fully saturated rings. The van der Waals surface area contributed by atoms with Crippen molar-refractivity contribution in [1.82, 2.24) is 0 Å². The van der Waals surface area contributed by atoms with Gasteiger partial charge in [0, 0.05) is 5.69 Å². The summed E-state index contributed by atoms with van der Waals surface area (Å²) < 4.78 is 0. The average molecular weight is 392 g/mol. The number of carbonyl (C=O) groups is 3. The van der Waals surface area contributed by atoms with Gasteiger partial charge in [0.1, 0.15) is 6.04 Å². The molecule has 0 radical (unpaired) electrons. The van der Waals surface area contributed by atoms with Crippen LogP contribution in [0, 0.1) is 6.92 Å². The third-order valence-corrected chi connectivity index (χ3v) is 4.93. The molecule has 26 heavy (non-hydrogen) atoms. The molecule has 1 atom stereocenters. The van der Waals surface area contributed by atoms with Gasteiger partial charge in [-0.15, -0.1) is 0 Å². The van der Waals surface area contributed by atoms with Gasteiger partial charge < -0.3 is 15.2 Å². The number of anilines is 2. The van der Waals surface area contributed by atoms with Crippen LogP contribution in [0.1, 0.15) is 22.3 Å². The quantitative estimate of drug-likeness (QED) is 0.808. The van der Waals surface area contributed by atoms with Crippen molar-refractivity contribution in [2.75, 3.05) is 10.2 Å². The first-order valence-corrected chi connectivity index (χ1v) is 8.44. The van der Waals surface area contributed by atoms with E-state index in [0.717, 1.165) is 10.5 Å². The number of hydrogen-bond acceptors (Lipinski definition) is 5. The van der Waals surface area contributed by atoms with Crippen LogP contribution in [0.4, 0.5) is 11.4 Å². The minimum Gasteiger partial charge on any atom is -0.545 e. The van der Waals surface area contributed by atoms with E-state index in [1.807, 2.05) is 0 Å². The fraction of sp³-hybridized carbons (Fsp3) is 0.167. The Morgan fingerprint density at radius 1 is 1.23 bits per heavy atom. The summed E-state index contributed by atoms with van der Waals surface area (Å²) in [5.41, 5.74) is 1.37. The number of nitrogens with zero attached hydrogens (tertiary/aromatic N) is 1.